The molecule has 0 aromatic heterocycles. The van der Waals surface area contributed by atoms with Gasteiger partial charge in [0.2, 0.25) is 0 Å². The largest absolute Gasteiger partial charge is 0.0654 e. The molecule has 2 aromatic rings. The van der Waals surface area contributed by atoms with E-state index in [4.69, 9.17) is 0 Å². The van der Waals surface area contributed by atoms with Crippen molar-refractivity contribution in [3.63, 3.8) is 0 Å². The molecule has 0 atom stereocenters. The lowest BCUT2D eigenvalue weighted by Crippen LogP contribution is -1.67. The first kappa shape index (κ1) is 10.8. The van der Waals surface area contributed by atoms with Crippen LogP contribution in [0.4, 0.5) is 0 Å². The van der Waals surface area contributed by atoms with E-state index >= 15 is 0 Å². The lowest BCUT2D eigenvalue weighted by atomic mass is 10.1. The molecule has 14 heavy (non-hydrogen) atoms. The van der Waals surface area contributed by atoms with Crippen molar-refractivity contribution in [2.24, 2.45) is 0 Å². The predicted octanol–water partition coefficient (Wildman–Crippen LogP) is 4.65. The Balaban J connectivity index is 0.000000213. The summed E-state index contributed by atoms with van der Waals surface area (Å²) in [6.07, 6.45) is 2.64. The number of hydrogen-bond acceptors (Lipinski definition) is 0. The van der Waals surface area contributed by atoms with Crippen molar-refractivity contribution in [2.45, 2.75) is 26.7 Å². The van der Waals surface area contributed by atoms with E-state index in [9.17, 15) is 0 Å². The molecule has 0 saturated carbocycles. The minimum atomic E-state index is 1.31. The molecule has 2 aromatic carbocycles. The molecule has 0 aliphatic carbocycles. The van der Waals surface area contributed by atoms with Crippen LogP contribution in [0.15, 0.2) is 48.5 Å². The highest BCUT2D eigenvalue weighted by molar-refractivity contribution is 5.81. The average Bonchev–Trinajstić information content (AvgIpc) is 2.30. The fourth-order valence-electron chi connectivity index (χ4n) is 1.13. The van der Waals surface area contributed by atoms with Crippen LogP contribution in [0.25, 0.3) is 10.8 Å². The van der Waals surface area contributed by atoms with E-state index in [0.717, 1.165) is 0 Å². The molecule has 0 bridgehead atoms. The molecule has 0 unspecified atom stereocenters. The second kappa shape index (κ2) is 6.20. The van der Waals surface area contributed by atoms with Gasteiger partial charge in [-0.2, -0.15) is 0 Å². The van der Waals surface area contributed by atoms with Crippen LogP contribution >= 0.6 is 0 Å². The Morgan fingerprint density at radius 3 is 1.14 bits per heavy atom. The van der Waals surface area contributed by atoms with Crippen molar-refractivity contribution in [3.05, 3.63) is 48.5 Å². The predicted molar refractivity (Wildman–Crippen MR) is 64.5 cm³/mol. The molecule has 0 spiro atoms. The molecule has 0 fully saturated rings. The lowest BCUT2D eigenvalue weighted by molar-refractivity contribution is 0.886. The zero-order valence-corrected chi connectivity index (χ0v) is 9.03. The summed E-state index contributed by atoms with van der Waals surface area (Å²) in [6.45, 7) is 4.36. The highest BCUT2D eigenvalue weighted by atomic mass is 13.9. The van der Waals surface area contributed by atoms with Gasteiger partial charge in [-0.3, -0.25) is 0 Å². The summed E-state index contributed by atoms with van der Waals surface area (Å²) in [5.41, 5.74) is 0. The first-order chi connectivity index (χ1) is 6.88. The van der Waals surface area contributed by atoms with Gasteiger partial charge in [-0.05, 0) is 10.8 Å². The molecule has 0 nitrogen and oxygen atoms in total. The fourth-order valence-corrected chi connectivity index (χ4v) is 1.13. The minimum absolute atomic E-state index is 1.31. The maximum absolute atomic E-state index is 2.18. The minimum Gasteiger partial charge on any atom is -0.0654 e. The molecular weight excluding hydrogens is 168 g/mol. The van der Waals surface area contributed by atoms with E-state index in [1.54, 1.807) is 0 Å². The number of benzene rings is 2. The van der Waals surface area contributed by atoms with E-state index in [0.29, 0.717) is 0 Å². The second-order valence-electron chi connectivity index (χ2n) is 3.35. The monoisotopic (exact) mass is 186 g/mol. The zero-order valence-electron chi connectivity index (χ0n) is 9.03. The van der Waals surface area contributed by atoms with Gasteiger partial charge in [0, 0.05) is 0 Å². The number of rotatable bonds is 1. The van der Waals surface area contributed by atoms with Gasteiger partial charge in [0.05, 0.1) is 0 Å². The van der Waals surface area contributed by atoms with E-state index in [-0.39, 0.29) is 0 Å². The van der Waals surface area contributed by atoms with Crippen molar-refractivity contribution < 1.29 is 0 Å². The van der Waals surface area contributed by atoms with Crippen LogP contribution in [0.3, 0.4) is 0 Å². The molecule has 0 N–H and O–H groups in total. The Morgan fingerprint density at radius 2 is 0.929 bits per heavy atom. The number of hydrogen-bond donors (Lipinski definition) is 0. The normalized spacial score (nSPS) is 9.29. The summed E-state index contributed by atoms with van der Waals surface area (Å²) >= 11 is 0. The van der Waals surface area contributed by atoms with E-state index in [1.165, 1.54) is 23.6 Å². The van der Waals surface area contributed by atoms with Crippen molar-refractivity contribution in [2.75, 3.05) is 0 Å². The molecule has 0 aliphatic heterocycles. The average molecular weight is 186 g/mol. The van der Waals surface area contributed by atoms with Crippen LogP contribution in [0.5, 0.6) is 0 Å². The van der Waals surface area contributed by atoms with Gasteiger partial charge in [0.15, 0.2) is 0 Å². The molecule has 0 saturated heterocycles. The summed E-state index contributed by atoms with van der Waals surface area (Å²) < 4.78 is 0. The lowest BCUT2D eigenvalue weighted by Gasteiger charge is -1.92. The van der Waals surface area contributed by atoms with Crippen LogP contribution in [0, 0.1) is 0 Å². The van der Waals surface area contributed by atoms with Gasteiger partial charge >= 0.3 is 0 Å². The maximum Gasteiger partial charge on any atom is -0.0184 e. The standard InChI is InChI=1S/C10H8.C4H10/c1-2-6-10-8-4-3-7-9(10)5-1;1-3-4-2/h1-8H;3-4H2,1-2H3. The summed E-state index contributed by atoms with van der Waals surface area (Å²) in [5.74, 6) is 0. The Hall–Kier alpha value is -1.30. The van der Waals surface area contributed by atoms with Gasteiger partial charge in [0.1, 0.15) is 0 Å². The Morgan fingerprint density at radius 1 is 0.643 bits per heavy atom. The van der Waals surface area contributed by atoms with Crippen LogP contribution in [0.1, 0.15) is 26.7 Å². The Labute approximate surface area is 86.6 Å². The second-order valence-corrected chi connectivity index (χ2v) is 3.35. The topological polar surface area (TPSA) is 0 Å². The number of fused-ring (bicyclic) bond motifs is 1. The first-order valence-electron chi connectivity index (χ1n) is 5.32. The fraction of sp³-hybridized carbons (Fsp3) is 0.286. The maximum atomic E-state index is 2.18. The molecule has 0 aliphatic rings. The molecule has 0 heterocycles. The SMILES string of the molecule is CCCC.c1ccc2ccccc2c1. The van der Waals surface area contributed by atoms with E-state index in [2.05, 4.69) is 62.4 Å². The van der Waals surface area contributed by atoms with Gasteiger partial charge in [0.25, 0.3) is 0 Å². The van der Waals surface area contributed by atoms with Gasteiger partial charge < -0.3 is 0 Å². The molecule has 0 heteroatoms. The van der Waals surface area contributed by atoms with Crippen LogP contribution in [0.2, 0.25) is 0 Å². The summed E-state index contributed by atoms with van der Waals surface area (Å²) in [5, 5.41) is 2.62. The van der Waals surface area contributed by atoms with E-state index < -0.39 is 0 Å². The third-order valence-electron chi connectivity index (χ3n) is 2.16. The summed E-state index contributed by atoms with van der Waals surface area (Å²) in [7, 11) is 0. The van der Waals surface area contributed by atoms with Crippen molar-refractivity contribution >= 4 is 10.8 Å². The highest BCUT2D eigenvalue weighted by Gasteiger charge is 1.85. The third-order valence-corrected chi connectivity index (χ3v) is 2.16. The molecule has 74 valence electrons. The smallest absolute Gasteiger partial charge is 0.0184 e. The van der Waals surface area contributed by atoms with Crippen LogP contribution in [-0.4, -0.2) is 0 Å². The highest BCUT2D eigenvalue weighted by Crippen LogP contribution is 2.11. The van der Waals surface area contributed by atoms with Crippen molar-refractivity contribution in [3.8, 4) is 0 Å². The van der Waals surface area contributed by atoms with Gasteiger partial charge in [-0.1, -0.05) is 75.2 Å². The Bertz CT molecular complexity index is 296. The Kier molecular flexibility index (Phi) is 4.77. The van der Waals surface area contributed by atoms with Crippen LogP contribution in [-0.2, 0) is 0 Å². The van der Waals surface area contributed by atoms with E-state index in [1.807, 2.05) is 0 Å². The van der Waals surface area contributed by atoms with Crippen molar-refractivity contribution in [1.82, 2.24) is 0 Å². The third kappa shape index (κ3) is 3.21. The van der Waals surface area contributed by atoms with Gasteiger partial charge in [-0.25, -0.2) is 0 Å². The van der Waals surface area contributed by atoms with Crippen LogP contribution < -0.4 is 0 Å². The molecular formula is C14H18. The quantitative estimate of drug-likeness (QED) is 0.608. The summed E-state index contributed by atoms with van der Waals surface area (Å²) in [4.78, 5) is 0. The van der Waals surface area contributed by atoms with Gasteiger partial charge in [-0.15, -0.1) is 0 Å². The zero-order chi connectivity index (χ0) is 10.2. The molecule has 2 rings (SSSR count). The number of unbranched alkanes of at least 4 members (excludes halogenated alkanes) is 1. The first-order valence-corrected chi connectivity index (χ1v) is 5.32. The summed E-state index contributed by atoms with van der Waals surface area (Å²) in [6, 6.07) is 16.7. The van der Waals surface area contributed by atoms with Crippen molar-refractivity contribution in [1.29, 1.82) is 0 Å². The molecule has 0 radical (unpaired) electrons. The molecule has 0 amide bonds.